The van der Waals surface area contributed by atoms with Crippen LogP contribution in [-0.4, -0.2) is 4.98 Å². The largest absolute Gasteiger partial charge is 0.454 e. The lowest BCUT2D eigenvalue weighted by atomic mass is 10.0. The first-order valence-corrected chi connectivity index (χ1v) is 8.57. The Morgan fingerprint density at radius 3 is 2.12 bits per heavy atom. The maximum atomic E-state index is 6.09. The summed E-state index contributed by atoms with van der Waals surface area (Å²) < 4.78 is 6.09. The summed E-state index contributed by atoms with van der Waals surface area (Å²) in [6.07, 6.45) is 0. The zero-order valence-electron chi connectivity index (χ0n) is 15.1. The fraction of sp³-hybridized carbons (Fsp3) is 0.174. The fourth-order valence-corrected chi connectivity index (χ4v) is 3.53. The quantitative estimate of drug-likeness (QED) is 0.426. The van der Waals surface area contributed by atoms with Crippen molar-refractivity contribution in [1.29, 1.82) is 0 Å². The molecular formula is C23H21NO. The molecule has 4 aromatic rings. The van der Waals surface area contributed by atoms with Crippen LogP contribution in [0.15, 0.2) is 59.0 Å². The number of aryl methyl sites for hydroxylation is 4. The van der Waals surface area contributed by atoms with E-state index in [9.17, 15) is 0 Å². The average molecular weight is 327 g/mol. The Hall–Kier alpha value is -2.87. The van der Waals surface area contributed by atoms with Gasteiger partial charge < -0.3 is 4.42 Å². The number of hydrogen-bond donors (Lipinski definition) is 0. The van der Waals surface area contributed by atoms with Gasteiger partial charge in [0.25, 0.3) is 0 Å². The lowest BCUT2D eigenvalue weighted by molar-refractivity contribution is 0.630. The van der Waals surface area contributed by atoms with E-state index in [0.29, 0.717) is 0 Å². The van der Waals surface area contributed by atoms with Gasteiger partial charge >= 0.3 is 0 Å². The second kappa shape index (κ2) is 5.89. The van der Waals surface area contributed by atoms with E-state index in [1.165, 1.54) is 22.3 Å². The SMILES string of the molecule is Cc1cc(C)cc(-c2ccc3oc(-c4c(C)cccc4C)cc3n2)c1. The first-order chi connectivity index (χ1) is 12.0. The Bertz CT molecular complexity index is 1050. The summed E-state index contributed by atoms with van der Waals surface area (Å²) in [4.78, 5) is 4.84. The Balaban J connectivity index is 1.85. The van der Waals surface area contributed by atoms with Gasteiger partial charge in [0.1, 0.15) is 11.3 Å². The van der Waals surface area contributed by atoms with Gasteiger partial charge in [0, 0.05) is 17.2 Å². The van der Waals surface area contributed by atoms with E-state index in [4.69, 9.17) is 9.40 Å². The first kappa shape index (κ1) is 15.6. The van der Waals surface area contributed by atoms with Gasteiger partial charge in [-0.1, -0.05) is 35.4 Å². The highest BCUT2D eigenvalue weighted by molar-refractivity contribution is 5.83. The first-order valence-electron chi connectivity index (χ1n) is 8.57. The number of rotatable bonds is 2. The molecule has 0 saturated heterocycles. The monoisotopic (exact) mass is 327 g/mol. The fourth-order valence-electron chi connectivity index (χ4n) is 3.53. The van der Waals surface area contributed by atoms with Crippen LogP contribution in [0.1, 0.15) is 22.3 Å². The van der Waals surface area contributed by atoms with Gasteiger partial charge in [-0.25, -0.2) is 4.98 Å². The second-order valence-corrected chi connectivity index (χ2v) is 6.83. The third-order valence-corrected chi connectivity index (χ3v) is 4.62. The van der Waals surface area contributed by atoms with E-state index < -0.39 is 0 Å². The second-order valence-electron chi connectivity index (χ2n) is 6.83. The van der Waals surface area contributed by atoms with E-state index in [1.807, 2.05) is 12.1 Å². The summed E-state index contributed by atoms with van der Waals surface area (Å²) in [7, 11) is 0. The molecule has 0 radical (unpaired) electrons. The van der Waals surface area contributed by atoms with Crippen molar-refractivity contribution in [1.82, 2.24) is 4.98 Å². The van der Waals surface area contributed by atoms with Gasteiger partial charge in [-0.15, -0.1) is 0 Å². The van der Waals surface area contributed by atoms with Gasteiger partial charge in [-0.3, -0.25) is 0 Å². The molecule has 0 bridgehead atoms. The van der Waals surface area contributed by atoms with Crippen molar-refractivity contribution >= 4 is 11.1 Å². The topological polar surface area (TPSA) is 26.0 Å². The summed E-state index contributed by atoms with van der Waals surface area (Å²) in [5, 5.41) is 0. The van der Waals surface area contributed by atoms with Gasteiger partial charge in [-0.05, 0) is 63.1 Å². The van der Waals surface area contributed by atoms with Crippen LogP contribution in [0.5, 0.6) is 0 Å². The molecule has 2 heterocycles. The summed E-state index contributed by atoms with van der Waals surface area (Å²) in [5.74, 6) is 0.885. The molecule has 0 saturated carbocycles. The van der Waals surface area contributed by atoms with Crippen LogP contribution in [-0.2, 0) is 0 Å². The molecule has 2 nitrogen and oxygen atoms in total. The predicted octanol–water partition coefficient (Wildman–Crippen LogP) is 6.40. The molecule has 2 aromatic heterocycles. The number of aromatic nitrogens is 1. The number of benzene rings is 2. The molecule has 0 aliphatic rings. The van der Waals surface area contributed by atoms with Crippen LogP contribution >= 0.6 is 0 Å². The highest BCUT2D eigenvalue weighted by Gasteiger charge is 2.13. The Labute approximate surface area is 148 Å². The minimum absolute atomic E-state index is 0.825. The highest BCUT2D eigenvalue weighted by Crippen LogP contribution is 2.33. The molecule has 25 heavy (non-hydrogen) atoms. The number of fused-ring (bicyclic) bond motifs is 1. The Morgan fingerprint density at radius 2 is 1.44 bits per heavy atom. The van der Waals surface area contributed by atoms with Crippen molar-refractivity contribution in [2.45, 2.75) is 27.7 Å². The van der Waals surface area contributed by atoms with Gasteiger partial charge in [0.15, 0.2) is 5.58 Å². The summed E-state index contributed by atoms with van der Waals surface area (Å²) >= 11 is 0. The molecule has 2 heteroatoms. The van der Waals surface area contributed by atoms with Gasteiger partial charge in [0.05, 0.1) is 5.69 Å². The standard InChI is InChI=1S/C23H21NO/c1-14-10-15(2)12-18(11-14)19-8-9-21-20(24-19)13-22(25-21)23-16(3)6-5-7-17(23)4/h5-13H,1-4H3. The zero-order valence-corrected chi connectivity index (χ0v) is 15.1. The third-order valence-electron chi connectivity index (χ3n) is 4.62. The van der Waals surface area contributed by atoms with E-state index in [1.54, 1.807) is 0 Å². The number of nitrogens with zero attached hydrogens (tertiary/aromatic N) is 1. The Kier molecular flexibility index (Phi) is 3.69. The number of hydrogen-bond acceptors (Lipinski definition) is 2. The number of furan rings is 1. The van der Waals surface area contributed by atoms with E-state index in [2.05, 4.69) is 70.2 Å². The molecule has 0 amide bonds. The minimum Gasteiger partial charge on any atom is -0.454 e. The molecule has 124 valence electrons. The normalized spacial score (nSPS) is 11.2. The van der Waals surface area contributed by atoms with Crippen LogP contribution in [0.3, 0.4) is 0 Å². The molecule has 0 fully saturated rings. The third kappa shape index (κ3) is 2.85. The average Bonchev–Trinajstić information content (AvgIpc) is 2.96. The molecule has 0 N–H and O–H groups in total. The molecular weight excluding hydrogens is 306 g/mol. The zero-order chi connectivity index (χ0) is 17.6. The van der Waals surface area contributed by atoms with Crippen LogP contribution in [0.4, 0.5) is 0 Å². The number of pyridine rings is 1. The van der Waals surface area contributed by atoms with Crippen LogP contribution in [0.25, 0.3) is 33.7 Å². The van der Waals surface area contributed by atoms with Crippen molar-refractivity contribution in [3.05, 3.63) is 76.9 Å². The lowest BCUT2D eigenvalue weighted by Gasteiger charge is -2.05. The van der Waals surface area contributed by atoms with Crippen LogP contribution < -0.4 is 0 Å². The minimum atomic E-state index is 0.825. The lowest BCUT2D eigenvalue weighted by Crippen LogP contribution is -1.86. The maximum Gasteiger partial charge on any atom is 0.153 e. The highest BCUT2D eigenvalue weighted by atomic mass is 16.3. The summed E-state index contributed by atoms with van der Waals surface area (Å²) in [5.41, 5.74) is 9.94. The van der Waals surface area contributed by atoms with Crippen molar-refractivity contribution < 1.29 is 4.42 Å². The molecule has 0 atom stereocenters. The van der Waals surface area contributed by atoms with Gasteiger partial charge in [0.2, 0.25) is 0 Å². The molecule has 0 unspecified atom stereocenters. The van der Waals surface area contributed by atoms with E-state index in [0.717, 1.165) is 33.7 Å². The summed E-state index contributed by atoms with van der Waals surface area (Å²) in [6.45, 7) is 8.46. The van der Waals surface area contributed by atoms with Crippen molar-refractivity contribution in [2.24, 2.45) is 0 Å². The van der Waals surface area contributed by atoms with Crippen molar-refractivity contribution in [3.8, 4) is 22.6 Å². The molecule has 0 spiro atoms. The smallest absolute Gasteiger partial charge is 0.153 e. The molecule has 4 rings (SSSR count). The maximum absolute atomic E-state index is 6.09. The molecule has 0 aliphatic carbocycles. The van der Waals surface area contributed by atoms with E-state index in [-0.39, 0.29) is 0 Å². The van der Waals surface area contributed by atoms with Crippen LogP contribution in [0, 0.1) is 27.7 Å². The van der Waals surface area contributed by atoms with E-state index >= 15 is 0 Å². The van der Waals surface area contributed by atoms with Gasteiger partial charge in [-0.2, -0.15) is 0 Å². The molecule has 0 aliphatic heterocycles. The van der Waals surface area contributed by atoms with Crippen molar-refractivity contribution in [2.75, 3.05) is 0 Å². The van der Waals surface area contributed by atoms with Crippen LogP contribution in [0.2, 0.25) is 0 Å². The summed E-state index contributed by atoms with van der Waals surface area (Å²) in [6, 6.07) is 18.9. The predicted molar refractivity (Wildman–Crippen MR) is 104 cm³/mol. The Morgan fingerprint density at radius 1 is 0.760 bits per heavy atom. The molecule has 2 aromatic carbocycles. The van der Waals surface area contributed by atoms with Crippen molar-refractivity contribution in [3.63, 3.8) is 0 Å².